The lowest BCUT2D eigenvalue weighted by Gasteiger charge is -2.35. The number of likely N-dealkylation sites (tertiary alicyclic amines) is 1. The van der Waals surface area contributed by atoms with Crippen LogP contribution in [0.2, 0.25) is 0 Å². The number of amides is 1. The van der Waals surface area contributed by atoms with Gasteiger partial charge in [-0.2, -0.15) is 10.4 Å². The van der Waals surface area contributed by atoms with Crippen LogP contribution in [-0.4, -0.2) is 43.6 Å². The third kappa shape index (κ3) is 4.67. The summed E-state index contributed by atoms with van der Waals surface area (Å²) in [6.45, 7) is 1.90. The van der Waals surface area contributed by atoms with Crippen molar-refractivity contribution < 1.29 is 9.18 Å². The number of primary amides is 1. The second-order valence-electron chi connectivity index (χ2n) is 7.39. The minimum Gasteiger partial charge on any atom is -0.365 e. The van der Waals surface area contributed by atoms with Crippen LogP contribution in [0.25, 0.3) is 0 Å². The first-order chi connectivity index (χ1) is 15.0. The summed E-state index contributed by atoms with van der Waals surface area (Å²) in [5, 5.41) is 17.3. The number of halogens is 1. The van der Waals surface area contributed by atoms with Crippen LogP contribution in [0.15, 0.2) is 49.1 Å². The molecule has 2 aromatic heterocycles. The van der Waals surface area contributed by atoms with Crippen molar-refractivity contribution in [3.8, 4) is 6.07 Å². The molecule has 10 heteroatoms. The molecule has 31 heavy (non-hydrogen) atoms. The van der Waals surface area contributed by atoms with Gasteiger partial charge in [-0.05, 0) is 30.7 Å². The maximum atomic E-state index is 13.2. The van der Waals surface area contributed by atoms with Gasteiger partial charge in [0.05, 0.1) is 23.7 Å². The van der Waals surface area contributed by atoms with E-state index in [2.05, 4.69) is 31.4 Å². The van der Waals surface area contributed by atoms with E-state index in [1.165, 1.54) is 12.1 Å². The van der Waals surface area contributed by atoms with Gasteiger partial charge in [0.15, 0.2) is 5.82 Å². The van der Waals surface area contributed by atoms with Crippen LogP contribution >= 0.6 is 0 Å². The molecule has 1 saturated heterocycles. The third-order valence-corrected chi connectivity index (χ3v) is 5.27. The van der Waals surface area contributed by atoms with Crippen molar-refractivity contribution >= 4 is 17.4 Å². The molecule has 9 nitrogen and oxygen atoms in total. The van der Waals surface area contributed by atoms with E-state index in [0.29, 0.717) is 25.2 Å². The number of aromatic nitrogens is 4. The van der Waals surface area contributed by atoms with Crippen molar-refractivity contribution in [1.29, 1.82) is 5.26 Å². The van der Waals surface area contributed by atoms with E-state index >= 15 is 0 Å². The molecule has 0 bridgehead atoms. The van der Waals surface area contributed by atoms with Crippen molar-refractivity contribution in [2.75, 3.05) is 18.4 Å². The summed E-state index contributed by atoms with van der Waals surface area (Å²) in [5.41, 5.74) is 7.16. The highest BCUT2D eigenvalue weighted by Crippen LogP contribution is 2.30. The van der Waals surface area contributed by atoms with E-state index in [1.807, 2.05) is 0 Å². The van der Waals surface area contributed by atoms with Gasteiger partial charge in [0.25, 0.3) is 5.91 Å². The number of hydrogen-bond donors (Lipinski definition) is 2. The fourth-order valence-electron chi connectivity index (χ4n) is 3.74. The minimum atomic E-state index is -0.635. The maximum Gasteiger partial charge on any atom is 0.254 e. The van der Waals surface area contributed by atoms with E-state index in [9.17, 15) is 14.4 Å². The molecular weight excluding hydrogens is 399 g/mol. The van der Waals surface area contributed by atoms with Gasteiger partial charge in [-0.1, -0.05) is 0 Å². The van der Waals surface area contributed by atoms with E-state index in [1.54, 1.807) is 41.6 Å². The number of carbonyl (C=O) groups excluding carboxylic acids is 1. The van der Waals surface area contributed by atoms with Crippen molar-refractivity contribution in [2.45, 2.75) is 19.0 Å². The first-order valence-electron chi connectivity index (χ1n) is 9.82. The highest BCUT2D eigenvalue weighted by molar-refractivity contribution is 5.98. The zero-order valence-electron chi connectivity index (χ0n) is 16.6. The van der Waals surface area contributed by atoms with Gasteiger partial charge in [-0.3, -0.25) is 24.3 Å². The van der Waals surface area contributed by atoms with Crippen LogP contribution in [0.1, 0.15) is 28.5 Å². The van der Waals surface area contributed by atoms with Gasteiger partial charge in [0, 0.05) is 50.1 Å². The molecule has 4 rings (SSSR count). The largest absolute Gasteiger partial charge is 0.365 e. The van der Waals surface area contributed by atoms with E-state index < -0.39 is 5.91 Å². The number of nitrogens with one attached hydrogen (secondary N) is 1. The Morgan fingerprint density at radius 2 is 2.13 bits per heavy atom. The summed E-state index contributed by atoms with van der Waals surface area (Å²) >= 11 is 0. The normalized spacial score (nSPS) is 19.0. The highest BCUT2D eigenvalue weighted by atomic mass is 19.1. The first kappa shape index (κ1) is 20.4. The number of nitriles is 1. The lowest BCUT2D eigenvalue weighted by molar-refractivity contribution is 0.100. The molecule has 158 valence electrons. The van der Waals surface area contributed by atoms with Crippen molar-refractivity contribution in [2.24, 2.45) is 11.7 Å². The van der Waals surface area contributed by atoms with Crippen LogP contribution in [0.5, 0.6) is 0 Å². The van der Waals surface area contributed by atoms with Crippen molar-refractivity contribution in [3.63, 3.8) is 0 Å². The van der Waals surface area contributed by atoms with Crippen molar-refractivity contribution in [3.05, 3.63) is 66.1 Å². The summed E-state index contributed by atoms with van der Waals surface area (Å²) < 4.78 is 14.8. The van der Waals surface area contributed by atoms with Gasteiger partial charge >= 0.3 is 0 Å². The Balaban J connectivity index is 1.52. The number of benzene rings is 1. The molecule has 2 unspecified atom stereocenters. The average Bonchev–Trinajstić information content (AvgIpc) is 3.20. The number of anilines is 2. The van der Waals surface area contributed by atoms with E-state index in [0.717, 1.165) is 12.2 Å². The molecule has 0 radical (unpaired) electrons. The minimum absolute atomic E-state index is 0.204. The number of rotatable bonds is 6. The van der Waals surface area contributed by atoms with Crippen LogP contribution in [-0.2, 0) is 6.54 Å². The molecule has 1 amide bonds. The molecule has 0 spiro atoms. The topological polar surface area (TPSA) is 126 Å². The zero-order valence-corrected chi connectivity index (χ0v) is 16.6. The summed E-state index contributed by atoms with van der Waals surface area (Å²) in [6.07, 6.45) is 7.23. The van der Waals surface area contributed by atoms with E-state index in [-0.39, 0.29) is 29.2 Å². The second kappa shape index (κ2) is 8.89. The lowest BCUT2D eigenvalue weighted by atomic mass is 9.93. The molecule has 3 heterocycles. The van der Waals surface area contributed by atoms with Crippen LogP contribution in [0, 0.1) is 23.1 Å². The standard InChI is InChI=1S/C21H21FN8O/c22-15-1-3-16(4-2-15)27-21-18(20(24)31)13-30(28-21)19-5-8-29(11-14(19)9-23)12-17-10-25-6-7-26-17/h1-4,6-7,10,13-14,19H,5,8,11-12H2,(H2,24,31)(H,27,28). The molecule has 3 aromatic rings. The molecule has 1 aliphatic heterocycles. The van der Waals surface area contributed by atoms with Gasteiger partial charge in [0.2, 0.25) is 0 Å². The van der Waals surface area contributed by atoms with Crippen LogP contribution in [0.4, 0.5) is 15.9 Å². The van der Waals surface area contributed by atoms with Crippen LogP contribution in [0.3, 0.4) is 0 Å². The van der Waals surface area contributed by atoms with Crippen molar-refractivity contribution in [1.82, 2.24) is 24.6 Å². The molecule has 0 saturated carbocycles. The molecule has 1 aliphatic rings. The first-order valence-corrected chi connectivity index (χ1v) is 9.82. The van der Waals surface area contributed by atoms with Gasteiger partial charge < -0.3 is 11.1 Å². The summed E-state index contributed by atoms with van der Waals surface area (Å²) in [7, 11) is 0. The number of nitrogens with zero attached hydrogens (tertiary/aromatic N) is 6. The maximum absolute atomic E-state index is 13.2. The Morgan fingerprint density at radius 3 is 2.81 bits per heavy atom. The van der Waals surface area contributed by atoms with Gasteiger partial charge in [-0.25, -0.2) is 4.39 Å². The second-order valence-corrected chi connectivity index (χ2v) is 7.39. The quantitative estimate of drug-likeness (QED) is 0.626. The SMILES string of the molecule is N#CC1CN(Cc2cnccn2)CCC1n1cc(C(N)=O)c(Nc2ccc(F)cc2)n1. The zero-order chi connectivity index (χ0) is 21.8. The highest BCUT2D eigenvalue weighted by Gasteiger charge is 2.32. The molecule has 2 atom stereocenters. The number of piperidine rings is 1. The van der Waals surface area contributed by atoms with Gasteiger partial charge in [-0.15, -0.1) is 0 Å². The average molecular weight is 420 g/mol. The predicted octanol–water partition coefficient (Wildman–Crippen LogP) is 2.24. The fourth-order valence-corrected chi connectivity index (χ4v) is 3.74. The molecule has 0 aliphatic carbocycles. The number of carbonyl (C=O) groups is 1. The third-order valence-electron chi connectivity index (χ3n) is 5.27. The Labute approximate surface area is 178 Å². The molecular formula is C21H21FN8O. The summed E-state index contributed by atoms with van der Waals surface area (Å²) in [5.74, 6) is -1.05. The fraction of sp³-hybridized carbons (Fsp3) is 0.286. The Kier molecular flexibility index (Phi) is 5.86. The molecule has 1 aromatic carbocycles. The Hall–Kier alpha value is -3.84. The monoisotopic (exact) mass is 420 g/mol. The molecule has 1 fully saturated rings. The van der Waals surface area contributed by atoms with Crippen LogP contribution < -0.4 is 11.1 Å². The lowest BCUT2D eigenvalue weighted by Crippen LogP contribution is -2.40. The smallest absolute Gasteiger partial charge is 0.254 e. The number of nitrogens with two attached hydrogens (primary N) is 1. The summed E-state index contributed by atoms with van der Waals surface area (Å²) in [6, 6.07) is 7.86. The Bertz CT molecular complexity index is 1090. The molecule has 3 N–H and O–H groups in total. The predicted molar refractivity (Wildman–Crippen MR) is 110 cm³/mol. The Morgan fingerprint density at radius 1 is 1.32 bits per heavy atom. The number of hydrogen-bond acceptors (Lipinski definition) is 7. The van der Waals surface area contributed by atoms with Gasteiger partial charge in [0.1, 0.15) is 11.4 Å². The van der Waals surface area contributed by atoms with E-state index in [4.69, 9.17) is 5.73 Å². The summed E-state index contributed by atoms with van der Waals surface area (Å²) in [4.78, 5) is 22.5.